The number of nitrogens with zero attached hydrogens (tertiary/aromatic N) is 1. The molecule has 0 fully saturated rings. The molecule has 106 valence electrons. The van der Waals surface area contributed by atoms with Crippen LogP contribution in [0.4, 0.5) is 0 Å². The molecule has 0 aliphatic heterocycles. The molecule has 1 aromatic carbocycles. The Morgan fingerprint density at radius 2 is 1.95 bits per heavy atom. The van der Waals surface area contributed by atoms with Crippen LogP contribution >= 0.6 is 0 Å². The Labute approximate surface area is 118 Å². The number of rotatable bonds is 5. The number of benzene rings is 1. The van der Waals surface area contributed by atoms with Gasteiger partial charge in [0.25, 0.3) is 0 Å². The predicted molar refractivity (Wildman–Crippen MR) is 77.3 cm³/mol. The van der Waals surface area contributed by atoms with E-state index in [-0.39, 0.29) is 18.0 Å². The van der Waals surface area contributed by atoms with Crippen LogP contribution in [-0.4, -0.2) is 13.4 Å². The van der Waals surface area contributed by atoms with Crippen LogP contribution in [-0.2, 0) is 23.1 Å². The molecule has 5 nitrogen and oxygen atoms in total. The van der Waals surface area contributed by atoms with Gasteiger partial charge in [-0.2, -0.15) is 0 Å². The van der Waals surface area contributed by atoms with Crippen molar-refractivity contribution in [1.82, 2.24) is 9.71 Å². The van der Waals surface area contributed by atoms with Crippen LogP contribution in [0.2, 0.25) is 0 Å². The third-order valence-corrected chi connectivity index (χ3v) is 4.53. The molecule has 0 aliphatic rings. The van der Waals surface area contributed by atoms with Crippen molar-refractivity contribution in [3.63, 3.8) is 0 Å². The zero-order valence-corrected chi connectivity index (χ0v) is 12.0. The second-order valence-corrected chi connectivity index (χ2v) is 6.14. The zero-order chi connectivity index (χ0) is 14.6. The molecule has 3 N–H and O–H groups in total. The maximum Gasteiger partial charge on any atom is 0.241 e. The molecule has 6 heteroatoms. The molecule has 0 radical (unpaired) electrons. The van der Waals surface area contributed by atoms with E-state index in [0.29, 0.717) is 11.3 Å². The Morgan fingerprint density at radius 1 is 1.20 bits per heavy atom. The number of sulfonamides is 1. The molecular weight excluding hydrogens is 274 g/mol. The Morgan fingerprint density at radius 3 is 2.65 bits per heavy atom. The van der Waals surface area contributed by atoms with Crippen LogP contribution in [0.3, 0.4) is 0 Å². The van der Waals surface area contributed by atoms with Gasteiger partial charge in [-0.05, 0) is 30.2 Å². The SMILES string of the molecule is Cc1cccnc1CNS(=O)(=O)c1ccccc1CN. The van der Waals surface area contributed by atoms with Gasteiger partial charge in [0, 0.05) is 12.7 Å². The van der Waals surface area contributed by atoms with Crippen molar-refractivity contribution < 1.29 is 8.42 Å². The van der Waals surface area contributed by atoms with E-state index in [1.165, 1.54) is 0 Å². The molecule has 0 atom stereocenters. The topological polar surface area (TPSA) is 85.1 Å². The molecule has 0 spiro atoms. The smallest absolute Gasteiger partial charge is 0.241 e. The van der Waals surface area contributed by atoms with Gasteiger partial charge in [0.2, 0.25) is 10.0 Å². The first-order valence-corrected chi connectivity index (χ1v) is 7.71. The minimum absolute atomic E-state index is 0.161. The summed E-state index contributed by atoms with van der Waals surface area (Å²) in [6.07, 6.45) is 1.64. The van der Waals surface area contributed by atoms with Crippen molar-refractivity contribution in [1.29, 1.82) is 0 Å². The minimum atomic E-state index is -3.59. The highest BCUT2D eigenvalue weighted by atomic mass is 32.2. The van der Waals surface area contributed by atoms with Gasteiger partial charge in [-0.15, -0.1) is 0 Å². The maximum atomic E-state index is 12.3. The summed E-state index contributed by atoms with van der Waals surface area (Å²) in [6.45, 7) is 2.23. The van der Waals surface area contributed by atoms with Gasteiger partial charge in [0.15, 0.2) is 0 Å². The van der Waals surface area contributed by atoms with Crippen molar-refractivity contribution in [2.75, 3.05) is 0 Å². The molecule has 1 heterocycles. The van der Waals surface area contributed by atoms with Gasteiger partial charge < -0.3 is 5.73 Å². The lowest BCUT2D eigenvalue weighted by Crippen LogP contribution is -2.25. The van der Waals surface area contributed by atoms with Crippen LogP contribution < -0.4 is 10.5 Å². The second kappa shape index (κ2) is 6.13. The Hall–Kier alpha value is -1.76. The molecule has 0 unspecified atom stereocenters. The summed E-state index contributed by atoms with van der Waals surface area (Å²) in [5.74, 6) is 0. The second-order valence-electron chi connectivity index (χ2n) is 4.40. The van der Waals surface area contributed by atoms with Crippen LogP contribution in [0, 0.1) is 6.92 Å². The number of nitrogens with two attached hydrogens (primary N) is 1. The summed E-state index contributed by atoms with van der Waals surface area (Å²) in [7, 11) is -3.59. The number of hydrogen-bond acceptors (Lipinski definition) is 4. The molecule has 0 aliphatic carbocycles. The summed E-state index contributed by atoms with van der Waals surface area (Å²) in [5, 5.41) is 0. The highest BCUT2D eigenvalue weighted by Crippen LogP contribution is 2.15. The molecule has 2 aromatic rings. The van der Waals surface area contributed by atoms with Crippen molar-refractivity contribution in [3.8, 4) is 0 Å². The summed E-state index contributed by atoms with van der Waals surface area (Å²) in [6, 6.07) is 10.4. The zero-order valence-electron chi connectivity index (χ0n) is 11.2. The van der Waals surface area contributed by atoms with Gasteiger partial charge in [-0.1, -0.05) is 24.3 Å². The standard InChI is InChI=1S/C14H17N3O2S/c1-11-5-4-8-16-13(11)10-17-20(18,19)14-7-3-2-6-12(14)9-15/h2-8,17H,9-10,15H2,1H3. The largest absolute Gasteiger partial charge is 0.326 e. The van der Waals surface area contributed by atoms with Gasteiger partial charge in [-0.3, -0.25) is 4.98 Å². The first kappa shape index (κ1) is 14.6. The maximum absolute atomic E-state index is 12.3. The van der Waals surface area contributed by atoms with Crippen LogP contribution in [0.5, 0.6) is 0 Å². The van der Waals surface area contributed by atoms with E-state index in [9.17, 15) is 8.42 Å². The first-order chi connectivity index (χ1) is 9.54. The molecular formula is C14H17N3O2S. The minimum Gasteiger partial charge on any atom is -0.326 e. The van der Waals surface area contributed by atoms with E-state index in [2.05, 4.69) is 9.71 Å². The average molecular weight is 291 g/mol. The highest BCUT2D eigenvalue weighted by molar-refractivity contribution is 7.89. The van der Waals surface area contributed by atoms with Crippen molar-refractivity contribution in [3.05, 3.63) is 59.4 Å². The number of hydrogen-bond donors (Lipinski definition) is 2. The van der Waals surface area contributed by atoms with E-state index in [0.717, 1.165) is 5.56 Å². The van der Waals surface area contributed by atoms with E-state index in [4.69, 9.17) is 5.73 Å². The fraction of sp³-hybridized carbons (Fsp3) is 0.214. The van der Waals surface area contributed by atoms with Crippen molar-refractivity contribution >= 4 is 10.0 Å². The molecule has 20 heavy (non-hydrogen) atoms. The van der Waals surface area contributed by atoms with Crippen molar-refractivity contribution in [2.45, 2.75) is 24.9 Å². The van der Waals surface area contributed by atoms with E-state index >= 15 is 0 Å². The lowest BCUT2D eigenvalue weighted by Gasteiger charge is -2.11. The van der Waals surface area contributed by atoms with Gasteiger partial charge in [-0.25, -0.2) is 13.1 Å². The predicted octanol–water partition coefficient (Wildman–Crippen LogP) is 1.33. The fourth-order valence-corrected chi connectivity index (χ4v) is 3.12. The third kappa shape index (κ3) is 3.22. The Kier molecular flexibility index (Phi) is 4.49. The first-order valence-electron chi connectivity index (χ1n) is 6.22. The monoisotopic (exact) mass is 291 g/mol. The molecule has 2 rings (SSSR count). The van der Waals surface area contributed by atoms with Gasteiger partial charge in [0.1, 0.15) is 0 Å². The average Bonchev–Trinajstić information content (AvgIpc) is 2.46. The van der Waals surface area contributed by atoms with E-state index < -0.39 is 10.0 Å². The lowest BCUT2D eigenvalue weighted by molar-refractivity contribution is 0.579. The number of aromatic nitrogens is 1. The summed E-state index contributed by atoms with van der Waals surface area (Å²) >= 11 is 0. The van der Waals surface area contributed by atoms with E-state index in [1.54, 1.807) is 30.5 Å². The summed E-state index contributed by atoms with van der Waals surface area (Å²) < 4.78 is 27.2. The lowest BCUT2D eigenvalue weighted by atomic mass is 10.2. The van der Waals surface area contributed by atoms with Gasteiger partial charge in [0.05, 0.1) is 17.1 Å². The van der Waals surface area contributed by atoms with Crippen LogP contribution in [0.1, 0.15) is 16.8 Å². The number of aryl methyl sites for hydroxylation is 1. The van der Waals surface area contributed by atoms with Crippen molar-refractivity contribution in [2.24, 2.45) is 5.73 Å². The summed E-state index contributed by atoms with van der Waals surface area (Å²) in [4.78, 5) is 4.38. The fourth-order valence-electron chi connectivity index (χ4n) is 1.88. The molecule has 1 aromatic heterocycles. The van der Waals surface area contributed by atoms with Crippen LogP contribution in [0.25, 0.3) is 0 Å². The summed E-state index contributed by atoms with van der Waals surface area (Å²) in [5.41, 5.74) is 7.83. The third-order valence-electron chi connectivity index (χ3n) is 3.03. The normalized spacial score (nSPS) is 11.5. The van der Waals surface area contributed by atoms with E-state index in [1.807, 2.05) is 19.1 Å². The molecule has 0 saturated carbocycles. The molecule has 0 saturated heterocycles. The number of pyridine rings is 1. The number of nitrogens with one attached hydrogen (secondary N) is 1. The molecule has 0 bridgehead atoms. The molecule has 0 amide bonds. The quantitative estimate of drug-likeness (QED) is 0.870. The van der Waals surface area contributed by atoms with Gasteiger partial charge >= 0.3 is 0 Å². The Balaban J connectivity index is 2.22. The highest BCUT2D eigenvalue weighted by Gasteiger charge is 2.17. The Bertz CT molecular complexity index is 699. The van der Waals surface area contributed by atoms with Crippen LogP contribution in [0.15, 0.2) is 47.5 Å².